The Bertz CT molecular complexity index is 1130. The zero-order chi connectivity index (χ0) is 22.1. The number of rotatable bonds is 4. The molecule has 2 aliphatic rings. The second kappa shape index (κ2) is 8.33. The fraction of sp³-hybridized carbons (Fsp3) is 0.304. The number of furan rings is 1. The molecule has 0 unspecified atom stereocenters. The van der Waals surface area contributed by atoms with Gasteiger partial charge in [-0.25, -0.2) is 4.98 Å². The molecule has 0 bridgehead atoms. The number of carbonyl (C=O) groups is 3. The summed E-state index contributed by atoms with van der Waals surface area (Å²) in [7, 11) is 0. The molecule has 0 atom stereocenters. The van der Waals surface area contributed by atoms with Gasteiger partial charge in [-0.15, -0.1) is 0 Å². The highest BCUT2D eigenvalue weighted by Crippen LogP contribution is 2.18. The van der Waals surface area contributed by atoms with Gasteiger partial charge in [-0.1, -0.05) is 30.3 Å². The highest BCUT2D eigenvalue weighted by molar-refractivity contribution is 5.97. The molecule has 0 saturated carbocycles. The van der Waals surface area contributed by atoms with Gasteiger partial charge in [-0.05, 0) is 17.7 Å². The molecule has 9 heteroatoms. The second-order valence-electron chi connectivity index (χ2n) is 7.92. The van der Waals surface area contributed by atoms with E-state index in [2.05, 4.69) is 4.98 Å². The molecule has 0 radical (unpaired) electrons. The van der Waals surface area contributed by atoms with Crippen LogP contribution in [-0.4, -0.2) is 74.7 Å². The van der Waals surface area contributed by atoms with Crippen molar-refractivity contribution in [3.05, 3.63) is 77.8 Å². The van der Waals surface area contributed by atoms with E-state index in [0.29, 0.717) is 57.4 Å². The van der Waals surface area contributed by atoms with E-state index in [1.54, 1.807) is 37.6 Å². The number of hydrogen-bond acceptors (Lipinski definition) is 5. The molecule has 32 heavy (non-hydrogen) atoms. The minimum absolute atomic E-state index is 0.173. The number of carbonyl (C=O) groups excluding carboxylic acids is 3. The lowest BCUT2D eigenvalue weighted by molar-refractivity contribution is 0.0515. The van der Waals surface area contributed by atoms with Crippen LogP contribution in [0.25, 0.3) is 0 Å². The van der Waals surface area contributed by atoms with E-state index >= 15 is 0 Å². The molecule has 1 aromatic carbocycles. The molecule has 1 saturated heterocycles. The van der Waals surface area contributed by atoms with Crippen LogP contribution in [0, 0.1) is 0 Å². The summed E-state index contributed by atoms with van der Waals surface area (Å²) in [5, 5.41) is 0. The number of nitrogens with zero attached hydrogens (tertiary/aromatic N) is 5. The number of aromatic nitrogens is 2. The third kappa shape index (κ3) is 3.77. The first kappa shape index (κ1) is 20.0. The largest absolute Gasteiger partial charge is 0.459 e. The maximum atomic E-state index is 13.0. The molecule has 0 spiro atoms. The van der Waals surface area contributed by atoms with Gasteiger partial charge in [0.2, 0.25) is 0 Å². The topological polar surface area (TPSA) is 91.9 Å². The smallest absolute Gasteiger partial charge is 0.290 e. The molecule has 0 aliphatic carbocycles. The van der Waals surface area contributed by atoms with E-state index in [1.807, 2.05) is 30.3 Å². The molecule has 3 amide bonds. The highest BCUT2D eigenvalue weighted by Gasteiger charge is 2.31. The van der Waals surface area contributed by atoms with E-state index in [1.165, 1.54) is 6.26 Å². The Balaban J connectivity index is 1.23. The third-order valence-electron chi connectivity index (χ3n) is 5.89. The Morgan fingerprint density at radius 3 is 2.28 bits per heavy atom. The molecule has 9 nitrogen and oxygen atoms in total. The van der Waals surface area contributed by atoms with Gasteiger partial charge in [0.25, 0.3) is 17.7 Å². The predicted molar refractivity (Wildman–Crippen MR) is 114 cm³/mol. The van der Waals surface area contributed by atoms with E-state index in [-0.39, 0.29) is 23.4 Å². The molecule has 3 aromatic rings. The van der Waals surface area contributed by atoms with Crippen LogP contribution in [0.5, 0.6) is 0 Å². The molecule has 164 valence electrons. The van der Waals surface area contributed by atoms with Crippen molar-refractivity contribution in [2.24, 2.45) is 0 Å². The van der Waals surface area contributed by atoms with Gasteiger partial charge < -0.3 is 23.7 Å². The molecule has 5 rings (SSSR count). The lowest BCUT2D eigenvalue weighted by Crippen LogP contribution is -2.50. The SMILES string of the molecule is O=C(c1cn2c(n1)C(=O)N(Cc1ccccc1)CC2)N1CCN(C(=O)c2ccco2)CC1. The summed E-state index contributed by atoms with van der Waals surface area (Å²) in [6.07, 6.45) is 3.13. The number of piperazine rings is 1. The van der Waals surface area contributed by atoms with Crippen molar-refractivity contribution in [2.75, 3.05) is 32.7 Å². The van der Waals surface area contributed by atoms with E-state index in [9.17, 15) is 14.4 Å². The van der Waals surface area contributed by atoms with E-state index in [4.69, 9.17) is 4.42 Å². The zero-order valence-electron chi connectivity index (χ0n) is 17.5. The Kier molecular flexibility index (Phi) is 5.22. The summed E-state index contributed by atoms with van der Waals surface area (Å²) in [6.45, 7) is 3.33. The van der Waals surface area contributed by atoms with Crippen LogP contribution >= 0.6 is 0 Å². The summed E-state index contributed by atoms with van der Waals surface area (Å²) in [4.78, 5) is 47.8. The minimum Gasteiger partial charge on any atom is -0.459 e. The maximum absolute atomic E-state index is 13.0. The Labute approximate surface area is 184 Å². The summed E-state index contributed by atoms with van der Waals surface area (Å²) < 4.78 is 6.93. The van der Waals surface area contributed by atoms with Gasteiger partial charge in [0.1, 0.15) is 5.69 Å². The van der Waals surface area contributed by atoms with Crippen molar-refractivity contribution in [2.45, 2.75) is 13.1 Å². The van der Waals surface area contributed by atoms with Gasteiger partial charge in [-0.3, -0.25) is 14.4 Å². The molecule has 1 fully saturated rings. The number of imidazole rings is 1. The monoisotopic (exact) mass is 433 g/mol. The lowest BCUT2D eigenvalue weighted by atomic mass is 10.2. The van der Waals surface area contributed by atoms with Gasteiger partial charge in [0.15, 0.2) is 11.6 Å². The molecule has 4 heterocycles. The fourth-order valence-electron chi connectivity index (χ4n) is 4.12. The number of amides is 3. The van der Waals surface area contributed by atoms with Crippen molar-refractivity contribution in [1.82, 2.24) is 24.3 Å². The van der Waals surface area contributed by atoms with Crippen LogP contribution in [0.15, 0.2) is 59.3 Å². The quantitative estimate of drug-likeness (QED) is 0.625. The van der Waals surface area contributed by atoms with Crippen molar-refractivity contribution in [1.29, 1.82) is 0 Å². The highest BCUT2D eigenvalue weighted by atomic mass is 16.3. The molecular formula is C23H23N5O4. The van der Waals surface area contributed by atoms with Gasteiger partial charge in [0.05, 0.1) is 6.26 Å². The Hall–Kier alpha value is -3.88. The van der Waals surface area contributed by atoms with E-state index in [0.717, 1.165) is 5.56 Å². The average molecular weight is 433 g/mol. The van der Waals surface area contributed by atoms with Crippen molar-refractivity contribution >= 4 is 17.7 Å². The molecule has 2 aromatic heterocycles. The van der Waals surface area contributed by atoms with Crippen LogP contribution in [0.1, 0.15) is 37.2 Å². The first-order chi connectivity index (χ1) is 15.6. The summed E-state index contributed by atoms with van der Waals surface area (Å²) >= 11 is 0. The first-order valence-corrected chi connectivity index (χ1v) is 10.6. The van der Waals surface area contributed by atoms with Gasteiger partial charge >= 0.3 is 0 Å². The van der Waals surface area contributed by atoms with Crippen molar-refractivity contribution < 1.29 is 18.8 Å². The summed E-state index contributed by atoms with van der Waals surface area (Å²) in [5.74, 6) is 0.0170. The second-order valence-corrected chi connectivity index (χ2v) is 7.92. The number of benzene rings is 1. The number of hydrogen-bond donors (Lipinski definition) is 0. The standard InChI is InChI=1S/C23H23N5O4/c29-21(25-8-10-26(11-9-25)22(30)19-7-4-14-32-19)18-16-27-12-13-28(23(31)20(27)24-18)15-17-5-2-1-3-6-17/h1-7,14,16H,8-13,15H2. The minimum atomic E-state index is -0.223. The van der Waals surface area contributed by atoms with Crippen LogP contribution in [0.3, 0.4) is 0 Å². The maximum Gasteiger partial charge on any atom is 0.290 e. The summed E-state index contributed by atoms with van der Waals surface area (Å²) in [6, 6.07) is 13.1. The fourth-order valence-corrected chi connectivity index (χ4v) is 4.12. The lowest BCUT2D eigenvalue weighted by Gasteiger charge is -2.33. The normalized spacial score (nSPS) is 16.2. The van der Waals surface area contributed by atoms with Gasteiger partial charge in [0, 0.05) is 52.0 Å². The van der Waals surface area contributed by atoms with Crippen LogP contribution < -0.4 is 0 Å². The zero-order valence-corrected chi connectivity index (χ0v) is 17.5. The first-order valence-electron chi connectivity index (χ1n) is 10.6. The average Bonchev–Trinajstić information content (AvgIpc) is 3.52. The third-order valence-corrected chi connectivity index (χ3v) is 5.89. The predicted octanol–water partition coefficient (Wildman–Crippen LogP) is 1.73. The molecular weight excluding hydrogens is 410 g/mol. The van der Waals surface area contributed by atoms with Crippen LogP contribution in [0.4, 0.5) is 0 Å². The van der Waals surface area contributed by atoms with Crippen LogP contribution in [0.2, 0.25) is 0 Å². The summed E-state index contributed by atoms with van der Waals surface area (Å²) in [5.41, 5.74) is 1.32. The molecule has 0 N–H and O–H groups in total. The van der Waals surface area contributed by atoms with Crippen molar-refractivity contribution in [3.8, 4) is 0 Å². The Morgan fingerprint density at radius 2 is 1.59 bits per heavy atom. The van der Waals surface area contributed by atoms with Crippen molar-refractivity contribution in [3.63, 3.8) is 0 Å². The van der Waals surface area contributed by atoms with Gasteiger partial charge in [-0.2, -0.15) is 0 Å². The number of fused-ring (bicyclic) bond motifs is 1. The molecule has 2 aliphatic heterocycles. The van der Waals surface area contributed by atoms with Crippen LogP contribution in [-0.2, 0) is 13.1 Å². The Morgan fingerprint density at radius 1 is 0.875 bits per heavy atom. The van der Waals surface area contributed by atoms with E-state index < -0.39 is 0 Å².